The Balaban J connectivity index is 2.07. The fourth-order valence-corrected chi connectivity index (χ4v) is 2.97. The van der Waals surface area contributed by atoms with E-state index in [1.807, 2.05) is 11.1 Å². The summed E-state index contributed by atoms with van der Waals surface area (Å²) in [6, 6.07) is 0. The van der Waals surface area contributed by atoms with Crippen LogP contribution in [0.1, 0.15) is 28.6 Å². The first-order valence-corrected chi connectivity index (χ1v) is 6.36. The third kappa shape index (κ3) is 2.32. The maximum Gasteiger partial charge on any atom is 0.245 e. The predicted octanol–water partition coefficient (Wildman–Crippen LogP) is 2.34. The van der Waals surface area contributed by atoms with Gasteiger partial charge in [0.25, 0.3) is 0 Å². The molecule has 1 aromatic heterocycles. The highest BCUT2D eigenvalue weighted by Gasteiger charge is 2.25. The van der Waals surface area contributed by atoms with Crippen LogP contribution in [0.25, 0.3) is 0 Å². The van der Waals surface area contributed by atoms with E-state index in [-0.39, 0.29) is 5.91 Å². The zero-order valence-corrected chi connectivity index (χ0v) is 10.3. The molecule has 1 aromatic rings. The Morgan fingerprint density at radius 1 is 1.75 bits per heavy atom. The van der Waals surface area contributed by atoms with Gasteiger partial charge in [-0.2, -0.15) is 0 Å². The number of carbonyl (C=O) groups is 1. The third-order valence-corrected chi connectivity index (χ3v) is 3.97. The van der Waals surface area contributed by atoms with E-state index < -0.39 is 0 Å². The van der Waals surface area contributed by atoms with Crippen molar-refractivity contribution in [3.63, 3.8) is 0 Å². The van der Waals surface area contributed by atoms with Crippen LogP contribution in [0.15, 0.2) is 18.9 Å². The zero-order chi connectivity index (χ0) is 11.5. The number of rotatable bonds is 2. The van der Waals surface area contributed by atoms with Gasteiger partial charge in [-0.3, -0.25) is 4.79 Å². The molecule has 2 rings (SSSR count). The smallest absolute Gasteiger partial charge is 0.245 e. The third-order valence-electron chi connectivity index (χ3n) is 2.90. The Morgan fingerprint density at radius 2 is 2.56 bits per heavy atom. The summed E-state index contributed by atoms with van der Waals surface area (Å²) in [5.74, 6) is 0.453. The van der Waals surface area contributed by atoms with Gasteiger partial charge in [0.2, 0.25) is 5.91 Å². The minimum absolute atomic E-state index is 0.0398. The monoisotopic (exact) mass is 236 g/mol. The first-order valence-electron chi connectivity index (χ1n) is 5.54. The van der Waals surface area contributed by atoms with Gasteiger partial charge in [0.05, 0.1) is 5.01 Å². The second-order valence-corrected chi connectivity index (χ2v) is 5.40. The van der Waals surface area contributed by atoms with Gasteiger partial charge in [-0.15, -0.1) is 11.3 Å². The zero-order valence-electron chi connectivity index (χ0n) is 9.48. The first kappa shape index (κ1) is 11.3. The number of amides is 1. The SMILES string of the molecule is C=CC(=O)N1CCCC(c2ncc(C)s2)C1. The molecule has 86 valence electrons. The van der Waals surface area contributed by atoms with E-state index >= 15 is 0 Å². The van der Waals surface area contributed by atoms with Crippen molar-refractivity contribution in [3.8, 4) is 0 Å². The first-order chi connectivity index (χ1) is 7.70. The van der Waals surface area contributed by atoms with E-state index in [2.05, 4.69) is 18.5 Å². The Bertz CT molecular complexity index is 399. The number of hydrogen-bond acceptors (Lipinski definition) is 3. The van der Waals surface area contributed by atoms with Gasteiger partial charge >= 0.3 is 0 Å². The Hall–Kier alpha value is -1.16. The van der Waals surface area contributed by atoms with Crippen molar-refractivity contribution < 1.29 is 4.79 Å². The quantitative estimate of drug-likeness (QED) is 0.738. The summed E-state index contributed by atoms with van der Waals surface area (Å²) in [6.07, 6.45) is 5.50. The van der Waals surface area contributed by atoms with Crippen LogP contribution in [-0.4, -0.2) is 28.9 Å². The van der Waals surface area contributed by atoms with Crippen molar-refractivity contribution in [2.45, 2.75) is 25.7 Å². The summed E-state index contributed by atoms with van der Waals surface area (Å²) >= 11 is 1.74. The number of aryl methyl sites for hydroxylation is 1. The highest BCUT2D eigenvalue weighted by Crippen LogP contribution is 2.29. The molecular weight excluding hydrogens is 220 g/mol. The van der Waals surface area contributed by atoms with E-state index in [1.54, 1.807) is 11.3 Å². The molecule has 0 aliphatic carbocycles. The molecule has 16 heavy (non-hydrogen) atoms. The summed E-state index contributed by atoms with van der Waals surface area (Å²) < 4.78 is 0. The molecule has 2 heterocycles. The molecule has 0 aromatic carbocycles. The largest absolute Gasteiger partial charge is 0.338 e. The van der Waals surface area contributed by atoms with Crippen molar-refractivity contribution in [2.75, 3.05) is 13.1 Å². The molecule has 1 unspecified atom stereocenters. The maximum atomic E-state index is 11.5. The average Bonchev–Trinajstić information content (AvgIpc) is 2.75. The fraction of sp³-hybridized carbons (Fsp3) is 0.500. The lowest BCUT2D eigenvalue weighted by atomic mass is 9.99. The van der Waals surface area contributed by atoms with E-state index in [1.165, 1.54) is 16.0 Å². The van der Waals surface area contributed by atoms with Gasteiger partial charge < -0.3 is 4.90 Å². The number of carbonyl (C=O) groups excluding carboxylic acids is 1. The lowest BCUT2D eigenvalue weighted by Gasteiger charge is -2.31. The van der Waals surface area contributed by atoms with E-state index in [9.17, 15) is 4.79 Å². The molecule has 1 amide bonds. The summed E-state index contributed by atoms with van der Waals surface area (Å²) in [4.78, 5) is 19.1. The van der Waals surface area contributed by atoms with Crippen LogP contribution in [-0.2, 0) is 4.79 Å². The minimum Gasteiger partial charge on any atom is -0.338 e. The van der Waals surface area contributed by atoms with E-state index in [0.717, 1.165) is 25.9 Å². The fourth-order valence-electron chi connectivity index (χ4n) is 2.07. The van der Waals surface area contributed by atoms with Gasteiger partial charge in [0.15, 0.2) is 0 Å². The minimum atomic E-state index is 0.0398. The number of aromatic nitrogens is 1. The summed E-state index contributed by atoms with van der Waals surface area (Å²) in [5, 5.41) is 1.17. The molecule has 1 atom stereocenters. The van der Waals surface area contributed by atoms with Crippen LogP contribution in [0.4, 0.5) is 0 Å². The molecule has 1 fully saturated rings. The molecule has 0 saturated carbocycles. The van der Waals surface area contributed by atoms with E-state index in [4.69, 9.17) is 0 Å². The van der Waals surface area contributed by atoms with Gasteiger partial charge in [-0.25, -0.2) is 4.98 Å². The van der Waals surface area contributed by atoms with Crippen molar-refractivity contribution in [1.29, 1.82) is 0 Å². The van der Waals surface area contributed by atoms with Crippen LogP contribution in [0.5, 0.6) is 0 Å². The van der Waals surface area contributed by atoms with Crippen molar-refractivity contribution in [1.82, 2.24) is 9.88 Å². The molecular formula is C12H16N2OS. The number of thiazole rings is 1. The van der Waals surface area contributed by atoms with Crippen molar-refractivity contribution >= 4 is 17.2 Å². The van der Waals surface area contributed by atoms with Crippen molar-refractivity contribution in [2.24, 2.45) is 0 Å². The molecule has 3 nitrogen and oxygen atoms in total. The lowest BCUT2D eigenvalue weighted by molar-refractivity contribution is -0.127. The summed E-state index contributed by atoms with van der Waals surface area (Å²) in [7, 11) is 0. The molecule has 0 N–H and O–H groups in total. The van der Waals surface area contributed by atoms with Gasteiger partial charge in [-0.1, -0.05) is 6.58 Å². The molecule has 0 spiro atoms. The second-order valence-electron chi connectivity index (χ2n) is 4.14. The van der Waals surface area contributed by atoms with Gasteiger partial charge in [0.1, 0.15) is 0 Å². The molecule has 0 radical (unpaired) electrons. The number of hydrogen-bond donors (Lipinski definition) is 0. The molecule has 1 saturated heterocycles. The summed E-state index contributed by atoms with van der Waals surface area (Å²) in [5.41, 5.74) is 0. The standard InChI is InChI=1S/C12H16N2OS/c1-3-11(15)14-6-4-5-10(8-14)12-13-7-9(2)16-12/h3,7,10H,1,4-6,8H2,2H3. The Morgan fingerprint density at radius 3 is 3.19 bits per heavy atom. The van der Waals surface area contributed by atoms with Crippen LogP contribution < -0.4 is 0 Å². The average molecular weight is 236 g/mol. The normalized spacial score (nSPS) is 20.8. The highest BCUT2D eigenvalue weighted by atomic mass is 32.1. The summed E-state index contributed by atoms with van der Waals surface area (Å²) in [6.45, 7) is 7.24. The molecule has 1 aliphatic heterocycles. The lowest BCUT2D eigenvalue weighted by Crippen LogP contribution is -2.38. The number of likely N-dealkylation sites (tertiary alicyclic amines) is 1. The maximum absolute atomic E-state index is 11.5. The second kappa shape index (κ2) is 4.78. The van der Waals surface area contributed by atoms with Crippen LogP contribution >= 0.6 is 11.3 Å². The van der Waals surface area contributed by atoms with Crippen LogP contribution in [0, 0.1) is 6.92 Å². The highest BCUT2D eigenvalue weighted by molar-refractivity contribution is 7.11. The molecule has 0 bridgehead atoms. The van der Waals surface area contributed by atoms with Gasteiger partial charge in [0, 0.05) is 30.1 Å². The Labute approximate surface area is 99.8 Å². The van der Waals surface area contributed by atoms with Crippen molar-refractivity contribution in [3.05, 3.63) is 28.7 Å². The topological polar surface area (TPSA) is 33.2 Å². The Kier molecular flexibility index (Phi) is 3.39. The van der Waals surface area contributed by atoms with Gasteiger partial charge in [-0.05, 0) is 25.8 Å². The number of nitrogens with zero attached hydrogens (tertiary/aromatic N) is 2. The van der Waals surface area contributed by atoms with Crippen LogP contribution in [0.3, 0.4) is 0 Å². The molecule has 4 heteroatoms. The van der Waals surface area contributed by atoms with Crippen LogP contribution in [0.2, 0.25) is 0 Å². The molecule has 1 aliphatic rings. The predicted molar refractivity (Wildman–Crippen MR) is 65.6 cm³/mol. The van der Waals surface area contributed by atoms with E-state index in [0.29, 0.717) is 5.92 Å². The number of piperidine rings is 1.